The highest BCUT2D eigenvalue weighted by molar-refractivity contribution is 6.01. The number of amides is 3. The zero-order valence-corrected chi connectivity index (χ0v) is 12.2. The van der Waals surface area contributed by atoms with Crippen LogP contribution in [0.15, 0.2) is 30.6 Å². The minimum Gasteiger partial charge on any atom is -0.326 e. The molecule has 0 fully saturated rings. The van der Waals surface area contributed by atoms with Gasteiger partial charge in [0.15, 0.2) is 0 Å². The summed E-state index contributed by atoms with van der Waals surface area (Å²) in [7, 11) is 0. The van der Waals surface area contributed by atoms with E-state index >= 15 is 0 Å². The van der Waals surface area contributed by atoms with Gasteiger partial charge in [0.25, 0.3) is 5.91 Å². The minimum atomic E-state index is -0.703. The molecule has 1 aromatic carbocycles. The second-order valence-corrected chi connectivity index (χ2v) is 5.04. The van der Waals surface area contributed by atoms with Crippen molar-refractivity contribution in [1.82, 2.24) is 14.8 Å². The topological polar surface area (TPSA) is 118 Å². The average molecular weight is 314 g/mol. The largest absolute Gasteiger partial charge is 0.326 e. The highest BCUT2D eigenvalue weighted by Gasteiger charge is 2.33. The molecule has 3 rings (SSSR count). The lowest BCUT2D eigenvalue weighted by molar-refractivity contribution is -0.123. The van der Waals surface area contributed by atoms with E-state index in [0.29, 0.717) is 17.3 Å². The second kappa shape index (κ2) is 5.87. The van der Waals surface area contributed by atoms with Gasteiger partial charge in [0.2, 0.25) is 17.8 Å². The quantitative estimate of drug-likeness (QED) is 0.770. The molecule has 2 aromatic rings. The van der Waals surface area contributed by atoms with Gasteiger partial charge in [-0.2, -0.15) is 10.1 Å². The first-order valence-electron chi connectivity index (χ1n) is 6.91. The van der Waals surface area contributed by atoms with E-state index in [4.69, 9.17) is 0 Å². The number of nitrogens with one attached hydrogen (secondary N) is 3. The lowest BCUT2D eigenvalue weighted by atomic mass is 10.2. The number of hydrogen-bond acceptors (Lipinski definition) is 5. The van der Waals surface area contributed by atoms with Crippen molar-refractivity contribution in [2.75, 3.05) is 16.0 Å². The summed E-state index contributed by atoms with van der Waals surface area (Å²) >= 11 is 0. The van der Waals surface area contributed by atoms with Crippen molar-refractivity contribution in [3.8, 4) is 0 Å². The number of aromatic nitrogens is 3. The Hall–Kier alpha value is -3.23. The van der Waals surface area contributed by atoms with E-state index in [0.717, 1.165) is 0 Å². The molecule has 118 valence electrons. The van der Waals surface area contributed by atoms with Gasteiger partial charge >= 0.3 is 0 Å². The van der Waals surface area contributed by atoms with E-state index < -0.39 is 6.04 Å². The van der Waals surface area contributed by atoms with Crippen LogP contribution < -0.4 is 16.0 Å². The van der Waals surface area contributed by atoms with Crippen molar-refractivity contribution in [2.24, 2.45) is 0 Å². The molecule has 0 spiro atoms. The van der Waals surface area contributed by atoms with Gasteiger partial charge in [-0.15, -0.1) is 0 Å². The van der Waals surface area contributed by atoms with E-state index in [1.54, 1.807) is 24.3 Å². The number of rotatable bonds is 4. The van der Waals surface area contributed by atoms with Crippen LogP contribution in [-0.4, -0.2) is 32.5 Å². The van der Waals surface area contributed by atoms with Crippen molar-refractivity contribution in [3.63, 3.8) is 0 Å². The maximum Gasteiger partial charge on any atom is 0.252 e. The third-order valence-corrected chi connectivity index (χ3v) is 3.27. The Morgan fingerprint density at radius 3 is 2.52 bits per heavy atom. The molecule has 0 aliphatic carbocycles. The van der Waals surface area contributed by atoms with Gasteiger partial charge in [-0.05, 0) is 24.3 Å². The molecule has 0 saturated heterocycles. The van der Waals surface area contributed by atoms with Crippen molar-refractivity contribution in [2.45, 2.75) is 19.4 Å². The summed E-state index contributed by atoms with van der Waals surface area (Å²) in [6.07, 6.45) is 1.27. The molecule has 0 bridgehead atoms. The van der Waals surface area contributed by atoms with Gasteiger partial charge < -0.3 is 10.6 Å². The van der Waals surface area contributed by atoms with Gasteiger partial charge in [-0.25, -0.2) is 4.68 Å². The first-order chi connectivity index (χ1) is 11.0. The summed E-state index contributed by atoms with van der Waals surface area (Å²) in [4.78, 5) is 38.7. The standard InChI is InChI=1S/C14H14N6O3/c1-8(21)17-9-2-4-10(5-3-9)18-12(22)6-11-13(23)19-14-15-7-16-20(11)14/h2-5,7,11H,6H2,1H3,(H,17,21)(H,18,22)(H,15,16,19,23)/t11-/m1/s1. The molecular formula is C14H14N6O3. The van der Waals surface area contributed by atoms with Gasteiger partial charge in [-0.3, -0.25) is 19.7 Å². The maximum absolute atomic E-state index is 12.1. The third kappa shape index (κ3) is 3.18. The lowest BCUT2D eigenvalue weighted by Crippen LogP contribution is -2.23. The van der Waals surface area contributed by atoms with Gasteiger partial charge in [0.05, 0.1) is 6.42 Å². The smallest absolute Gasteiger partial charge is 0.252 e. The van der Waals surface area contributed by atoms with Crippen LogP contribution in [0.2, 0.25) is 0 Å². The van der Waals surface area contributed by atoms with E-state index in [2.05, 4.69) is 26.0 Å². The molecule has 0 saturated carbocycles. The first-order valence-corrected chi connectivity index (χ1v) is 6.91. The highest BCUT2D eigenvalue weighted by atomic mass is 16.2. The molecular weight excluding hydrogens is 300 g/mol. The number of fused-ring (bicyclic) bond motifs is 1. The van der Waals surface area contributed by atoms with Crippen molar-refractivity contribution in [3.05, 3.63) is 30.6 Å². The number of carbonyl (C=O) groups is 3. The van der Waals surface area contributed by atoms with Gasteiger partial charge in [0, 0.05) is 18.3 Å². The Bertz CT molecular complexity index is 767. The molecule has 0 unspecified atom stereocenters. The Morgan fingerprint density at radius 1 is 1.22 bits per heavy atom. The first kappa shape index (κ1) is 14.7. The van der Waals surface area contributed by atoms with E-state index in [9.17, 15) is 14.4 Å². The fourth-order valence-corrected chi connectivity index (χ4v) is 2.28. The number of nitrogens with zero attached hydrogens (tertiary/aromatic N) is 3. The predicted molar refractivity (Wildman–Crippen MR) is 81.7 cm³/mol. The fourth-order valence-electron chi connectivity index (χ4n) is 2.28. The van der Waals surface area contributed by atoms with Crippen LogP contribution in [0.4, 0.5) is 17.3 Å². The van der Waals surface area contributed by atoms with Gasteiger partial charge in [-0.1, -0.05) is 0 Å². The summed E-state index contributed by atoms with van der Waals surface area (Å²) in [5.74, 6) is -0.456. The Kier molecular flexibility index (Phi) is 3.75. The normalized spacial score (nSPS) is 15.7. The minimum absolute atomic E-state index is 0.0460. The zero-order chi connectivity index (χ0) is 16.4. The van der Waals surface area contributed by atoms with Crippen molar-refractivity contribution >= 4 is 35.0 Å². The van der Waals surface area contributed by atoms with Crippen LogP contribution in [0.3, 0.4) is 0 Å². The Balaban J connectivity index is 1.61. The monoisotopic (exact) mass is 314 g/mol. The number of carbonyl (C=O) groups excluding carboxylic acids is 3. The summed E-state index contributed by atoms with van der Waals surface area (Å²) in [6, 6.07) is 5.98. The van der Waals surface area contributed by atoms with Crippen LogP contribution in [0.5, 0.6) is 0 Å². The molecule has 1 atom stereocenters. The van der Waals surface area contributed by atoms with Crippen molar-refractivity contribution in [1.29, 1.82) is 0 Å². The zero-order valence-electron chi connectivity index (χ0n) is 12.2. The molecule has 3 N–H and O–H groups in total. The Morgan fingerprint density at radius 2 is 1.87 bits per heavy atom. The molecule has 2 heterocycles. The molecule has 23 heavy (non-hydrogen) atoms. The second-order valence-electron chi connectivity index (χ2n) is 5.04. The predicted octanol–water partition coefficient (Wildman–Crippen LogP) is 0.758. The van der Waals surface area contributed by atoms with Crippen LogP contribution in [0.25, 0.3) is 0 Å². The summed E-state index contributed by atoms with van der Waals surface area (Å²) in [5, 5.41) is 11.8. The summed E-state index contributed by atoms with van der Waals surface area (Å²) in [5.41, 5.74) is 1.21. The average Bonchev–Trinajstić information content (AvgIpc) is 3.04. The number of anilines is 3. The molecule has 9 heteroatoms. The number of hydrogen-bond donors (Lipinski definition) is 3. The Labute approximate surface area is 131 Å². The molecule has 9 nitrogen and oxygen atoms in total. The summed E-state index contributed by atoms with van der Waals surface area (Å²) in [6.45, 7) is 1.42. The van der Waals surface area contributed by atoms with Crippen LogP contribution >= 0.6 is 0 Å². The third-order valence-electron chi connectivity index (χ3n) is 3.27. The van der Waals surface area contributed by atoms with E-state index in [1.807, 2.05) is 0 Å². The molecule has 1 aliphatic heterocycles. The molecule has 1 aromatic heterocycles. The molecule has 0 radical (unpaired) electrons. The van der Waals surface area contributed by atoms with Crippen LogP contribution in [0, 0.1) is 0 Å². The SMILES string of the molecule is CC(=O)Nc1ccc(NC(=O)C[C@@H]2C(=O)Nc3ncnn32)cc1. The van der Waals surface area contributed by atoms with E-state index in [-0.39, 0.29) is 24.1 Å². The van der Waals surface area contributed by atoms with Crippen molar-refractivity contribution < 1.29 is 14.4 Å². The van der Waals surface area contributed by atoms with Crippen LogP contribution in [0.1, 0.15) is 19.4 Å². The number of benzene rings is 1. The molecule has 1 aliphatic rings. The van der Waals surface area contributed by atoms with Gasteiger partial charge in [0.1, 0.15) is 12.4 Å². The summed E-state index contributed by atoms with van der Waals surface area (Å²) < 4.78 is 1.39. The van der Waals surface area contributed by atoms with E-state index in [1.165, 1.54) is 17.9 Å². The highest BCUT2D eigenvalue weighted by Crippen LogP contribution is 2.24. The lowest BCUT2D eigenvalue weighted by Gasteiger charge is -2.10. The molecule has 3 amide bonds. The maximum atomic E-state index is 12.1. The van der Waals surface area contributed by atoms with Crippen LogP contribution in [-0.2, 0) is 14.4 Å². The fraction of sp³-hybridized carbons (Fsp3) is 0.214.